The summed E-state index contributed by atoms with van der Waals surface area (Å²) in [6.45, 7) is 6.90. The van der Waals surface area contributed by atoms with Gasteiger partial charge in [0.25, 0.3) is 0 Å². The first-order valence-electron chi connectivity index (χ1n) is 5.93. The van der Waals surface area contributed by atoms with Gasteiger partial charge < -0.3 is 19.8 Å². The number of nitrogens with zero attached hydrogens (tertiary/aromatic N) is 1. The molecule has 0 aliphatic carbocycles. The molecule has 1 aliphatic rings. The zero-order valence-electron chi connectivity index (χ0n) is 11.3. The standard InChI is InChI=1S/C12H21NO5/c1-11(2,3)18-10(17)13-6-8(14)5-12(4,7-13)9(15)16/h8,14H,5-7H2,1-4H3,(H,15,16)/t8-,12-/m0/s1. The highest BCUT2D eigenvalue weighted by atomic mass is 16.6. The summed E-state index contributed by atoms with van der Waals surface area (Å²) in [4.78, 5) is 24.3. The van der Waals surface area contributed by atoms with Crippen LogP contribution in [0.5, 0.6) is 0 Å². The smallest absolute Gasteiger partial charge is 0.410 e. The third kappa shape index (κ3) is 3.60. The summed E-state index contributed by atoms with van der Waals surface area (Å²) >= 11 is 0. The molecule has 0 radical (unpaired) electrons. The Labute approximate surface area is 107 Å². The minimum Gasteiger partial charge on any atom is -0.481 e. The lowest BCUT2D eigenvalue weighted by atomic mass is 9.81. The highest BCUT2D eigenvalue weighted by Gasteiger charge is 2.43. The minimum atomic E-state index is -1.13. The molecule has 1 heterocycles. The lowest BCUT2D eigenvalue weighted by Crippen LogP contribution is -2.54. The quantitative estimate of drug-likeness (QED) is 0.735. The van der Waals surface area contributed by atoms with Crippen molar-refractivity contribution in [3.63, 3.8) is 0 Å². The van der Waals surface area contributed by atoms with Crippen LogP contribution in [-0.4, -0.2) is 52.0 Å². The summed E-state index contributed by atoms with van der Waals surface area (Å²) in [7, 11) is 0. The number of carboxylic acid groups (broad SMARTS) is 1. The number of rotatable bonds is 1. The summed E-state index contributed by atoms with van der Waals surface area (Å²) in [6.07, 6.45) is -1.29. The van der Waals surface area contributed by atoms with Crippen molar-refractivity contribution in [1.82, 2.24) is 4.90 Å². The topological polar surface area (TPSA) is 87.1 Å². The molecule has 6 nitrogen and oxygen atoms in total. The van der Waals surface area contributed by atoms with E-state index in [0.717, 1.165) is 0 Å². The number of hydrogen-bond donors (Lipinski definition) is 2. The van der Waals surface area contributed by atoms with Crippen LogP contribution in [0.25, 0.3) is 0 Å². The number of aliphatic hydroxyl groups excluding tert-OH is 1. The van der Waals surface area contributed by atoms with Crippen LogP contribution in [0.4, 0.5) is 4.79 Å². The molecule has 18 heavy (non-hydrogen) atoms. The van der Waals surface area contributed by atoms with E-state index < -0.39 is 29.2 Å². The van der Waals surface area contributed by atoms with Gasteiger partial charge >= 0.3 is 12.1 Å². The number of likely N-dealkylation sites (tertiary alicyclic amines) is 1. The molecule has 0 aromatic carbocycles. The van der Waals surface area contributed by atoms with Gasteiger partial charge in [0.1, 0.15) is 5.60 Å². The molecular formula is C12H21NO5. The van der Waals surface area contributed by atoms with E-state index in [-0.39, 0.29) is 19.5 Å². The zero-order chi connectivity index (χ0) is 14.1. The number of carbonyl (C=O) groups is 2. The van der Waals surface area contributed by atoms with Crippen LogP contribution in [-0.2, 0) is 9.53 Å². The lowest BCUT2D eigenvalue weighted by Gasteiger charge is -2.40. The average molecular weight is 259 g/mol. The Morgan fingerprint density at radius 3 is 2.39 bits per heavy atom. The van der Waals surface area contributed by atoms with Crippen molar-refractivity contribution in [2.24, 2.45) is 5.41 Å². The van der Waals surface area contributed by atoms with Gasteiger partial charge in [-0.25, -0.2) is 4.79 Å². The molecule has 6 heteroatoms. The minimum absolute atomic E-state index is 0.0499. The molecule has 0 saturated carbocycles. The molecule has 0 aromatic heterocycles. The molecule has 1 saturated heterocycles. The molecule has 1 aliphatic heterocycles. The summed E-state index contributed by atoms with van der Waals surface area (Å²) in [5.41, 5.74) is -1.77. The van der Waals surface area contributed by atoms with Gasteiger partial charge in [-0.2, -0.15) is 0 Å². The Bertz CT molecular complexity index is 349. The van der Waals surface area contributed by atoms with Crippen molar-refractivity contribution in [3.05, 3.63) is 0 Å². The van der Waals surface area contributed by atoms with Gasteiger partial charge in [-0.1, -0.05) is 0 Å². The van der Waals surface area contributed by atoms with Crippen LogP contribution in [0.1, 0.15) is 34.1 Å². The number of aliphatic carboxylic acids is 1. The van der Waals surface area contributed by atoms with Gasteiger partial charge in [0, 0.05) is 13.1 Å². The molecule has 104 valence electrons. The summed E-state index contributed by atoms with van der Waals surface area (Å²) < 4.78 is 5.18. The van der Waals surface area contributed by atoms with E-state index in [1.165, 1.54) is 11.8 Å². The first-order valence-corrected chi connectivity index (χ1v) is 5.93. The molecule has 1 rings (SSSR count). The third-order valence-corrected chi connectivity index (χ3v) is 2.83. The summed E-state index contributed by atoms with van der Waals surface area (Å²) in [5, 5.41) is 18.9. The van der Waals surface area contributed by atoms with E-state index in [4.69, 9.17) is 9.84 Å². The first kappa shape index (κ1) is 14.8. The number of hydrogen-bond acceptors (Lipinski definition) is 4. The summed E-state index contributed by atoms with van der Waals surface area (Å²) in [6, 6.07) is 0. The number of amides is 1. The first-order chi connectivity index (χ1) is 8.03. The highest BCUT2D eigenvalue weighted by Crippen LogP contribution is 2.30. The van der Waals surface area contributed by atoms with Gasteiger partial charge in [0.2, 0.25) is 0 Å². The number of carboxylic acids is 1. The molecule has 0 unspecified atom stereocenters. The Morgan fingerprint density at radius 1 is 1.39 bits per heavy atom. The summed E-state index contributed by atoms with van der Waals surface area (Å²) in [5.74, 6) is -1.02. The molecule has 2 atom stereocenters. The van der Waals surface area contributed by atoms with E-state index in [9.17, 15) is 14.7 Å². The fraction of sp³-hybridized carbons (Fsp3) is 0.833. The Balaban J connectivity index is 2.78. The molecule has 0 bridgehead atoms. The zero-order valence-corrected chi connectivity index (χ0v) is 11.3. The van der Waals surface area contributed by atoms with Crippen molar-refractivity contribution in [2.75, 3.05) is 13.1 Å². The van der Waals surface area contributed by atoms with E-state index in [0.29, 0.717) is 0 Å². The van der Waals surface area contributed by atoms with Crippen molar-refractivity contribution in [2.45, 2.75) is 45.8 Å². The van der Waals surface area contributed by atoms with E-state index >= 15 is 0 Å². The fourth-order valence-corrected chi connectivity index (χ4v) is 2.01. The second kappa shape index (κ2) is 4.76. The maximum absolute atomic E-state index is 11.9. The monoisotopic (exact) mass is 259 g/mol. The average Bonchev–Trinajstić information content (AvgIpc) is 2.13. The SMILES string of the molecule is CC(C)(C)OC(=O)N1C[C@@H](O)C[C@](C)(C(=O)O)C1. The van der Waals surface area contributed by atoms with E-state index in [1.54, 1.807) is 20.8 Å². The van der Waals surface area contributed by atoms with Crippen LogP contribution in [0.15, 0.2) is 0 Å². The van der Waals surface area contributed by atoms with E-state index in [1.807, 2.05) is 0 Å². The maximum atomic E-state index is 11.9. The number of piperidine rings is 1. The predicted molar refractivity (Wildman–Crippen MR) is 64.2 cm³/mol. The molecule has 1 amide bonds. The molecular weight excluding hydrogens is 238 g/mol. The number of aliphatic hydroxyl groups is 1. The van der Waals surface area contributed by atoms with Crippen LogP contribution in [0, 0.1) is 5.41 Å². The van der Waals surface area contributed by atoms with Gasteiger partial charge in [0.15, 0.2) is 0 Å². The van der Waals surface area contributed by atoms with Gasteiger partial charge in [-0.3, -0.25) is 4.79 Å². The Hall–Kier alpha value is -1.30. The third-order valence-electron chi connectivity index (χ3n) is 2.83. The van der Waals surface area contributed by atoms with Crippen LogP contribution >= 0.6 is 0 Å². The predicted octanol–water partition coefficient (Wildman–Crippen LogP) is 1.08. The van der Waals surface area contributed by atoms with Gasteiger partial charge in [0.05, 0.1) is 11.5 Å². The molecule has 0 aromatic rings. The van der Waals surface area contributed by atoms with E-state index in [2.05, 4.69) is 0 Å². The number of β-amino-alcohol motifs (C(OH)–C–C–N with tert-alkyl or cyclic N) is 1. The van der Waals surface area contributed by atoms with Crippen LogP contribution in [0.2, 0.25) is 0 Å². The fourth-order valence-electron chi connectivity index (χ4n) is 2.01. The van der Waals surface area contributed by atoms with Gasteiger partial charge in [-0.05, 0) is 34.1 Å². The van der Waals surface area contributed by atoms with Crippen molar-refractivity contribution in [3.8, 4) is 0 Å². The molecule has 2 N–H and O–H groups in total. The maximum Gasteiger partial charge on any atom is 0.410 e. The largest absolute Gasteiger partial charge is 0.481 e. The Morgan fingerprint density at radius 2 is 1.94 bits per heavy atom. The second-order valence-corrected chi connectivity index (χ2v) is 6.08. The molecule has 0 spiro atoms. The lowest BCUT2D eigenvalue weighted by molar-refractivity contribution is -0.154. The highest BCUT2D eigenvalue weighted by molar-refractivity contribution is 5.76. The van der Waals surface area contributed by atoms with Crippen LogP contribution < -0.4 is 0 Å². The normalized spacial score (nSPS) is 28.9. The Kier molecular flexibility index (Phi) is 3.90. The van der Waals surface area contributed by atoms with Gasteiger partial charge in [-0.15, -0.1) is 0 Å². The number of carbonyl (C=O) groups excluding carboxylic acids is 1. The second-order valence-electron chi connectivity index (χ2n) is 6.08. The van der Waals surface area contributed by atoms with Crippen molar-refractivity contribution < 1.29 is 24.5 Å². The number of ether oxygens (including phenoxy) is 1. The van der Waals surface area contributed by atoms with Crippen molar-refractivity contribution in [1.29, 1.82) is 0 Å². The van der Waals surface area contributed by atoms with Crippen molar-refractivity contribution >= 4 is 12.1 Å². The van der Waals surface area contributed by atoms with Crippen LogP contribution in [0.3, 0.4) is 0 Å². The molecule has 1 fully saturated rings.